The molecule has 0 fully saturated rings. The van der Waals surface area contributed by atoms with Crippen LogP contribution in [0, 0.1) is 0 Å². The average Bonchev–Trinajstić information content (AvgIpc) is 2.79. The van der Waals surface area contributed by atoms with Gasteiger partial charge in [0, 0.05) is 5.02 Å². The van der Waals surface area contributed by atoms with Crippen LogP contribution in [0.3, 0.4) is 0 Å². The smallest absolute Gasteiger partial charge is 0.367 e. The van der Waals surface area contributed by atoms with Crippen molar-refractivity contribution in [1.29, 1.82) is 0 Å². The average molecular weight is 366 g/mol. The summed E-state index contributed by atoms with van der Waals surface area (Å²) in [5, 5.41) is 0.677. The van der Waals surface area contributed by atoms with Gasteiger partial charge in [0.2, 0.25) is 0 Å². The van der Waals surface area contributed by atoms with E-state index in [2.05, 4.69) is 0 Å². The van der Waals surface area contributed by atoms with E-state index in [4.69, 9.17) is 32.8 Å². The van der Waals surface area contributed by atoms with Crippen LogP contribution in [0.1, 0.15) is 31.1 Å². The molecule has 24 heavy (non-hydrogen) atoms. The number of ether oxygens (including phenoxy) is 1. The second-order valence-corrected chi connectivity index (χ2v) is 5.64. The van der Waals surface area contributed by atoms with Crippen molar-refractivity contribution in [2.75, 3.05) is 7.11 Å². The molecule has 1 aliphatic heterocycles. The highest BCUT2D eigenvalue weighted by Crippen LogP contribution is 2.33. The molecule has 0 aromatic heterocycles. The molecule has 0 spiro atoms. The Morgan fingerprint density at radius 3 is 2.17 bits per heavy atom. The van der Waals surface area contributed by atoms with E-state index in [0.29, 0.717) is 5.06 Å². The summed E-state index contributed by atoms with van der Waals surface area (Å²) in [6, 6.07) is 8.82. The summed E-state index contributed by atoms with van der Waals surface area (Å²) in [6.45, 7) is 0. The van der Waals surface area contributed by atoms with Crippen LogP contribution in [0.25, 0.3) is 0 Å². The van der Waals surface area contributed by atoms with Gasteiger partial charge in [0.05, 0.1) is 23.3 Å². The van der Waals surface area contributed by atoms with Gasteiger partial charge in [0.25, 0.3) is 11.8 Å². The number of carbonyl (C=O) groups excluding carboxylic acids is 3. The van der Waals surface area contributed by atoms with Crippen molar-refractivity contribution in [3.8, 4) is 5.75 Å². The number of imide groups is 1. The van der Waals surface area contributed by atoms with Gasteiger partial charge >= 0.3 is 5.97 Å². The summed E-state index contributed by atoms with van der Waals surface area (Å²) in [6.07, 6.45) is 0. The van der Waals surface area contributed by atoms with Crippen molar-refractivity contribution in [2.45, 2.75) is 0 Å². The number of nitrogens with zero attached hydrogens (tertiary/aromatic N) is 1. The molecular formula is C16H9Cl2NO5. The highest BCUT2D eigenvalue weighted by Gasteiger charge is 2.39. The lowest BCUT2D eigenvalue weighted by Crippen LogP contribution is -2.32. The molecule has 0 atom stereocenters. The van der Waals surface area contributed by atoms with Gasteiger partial charge in [0.15, 0.2) is 5.75 Å². The molecule has 2 aromatic carbocycles. The molecule has 1 aliphatic rings. The van der Waals surface area contributed by atoms with E-state index in [1.165, 1.54) is 31.4 Å². The van der Waals surface area contributed by atoms with E-state index in [9.17, 15) is 14.4 Å². The van der Waals surface area contributed by atoms with Crippen LogP contribution >= 0.6 is 23.2 Å². The third-order valence-electron chi connectivity index (χ3n) is 3.36. The van der Waals surface area contributed by atoms with Crippen LogP contribution in [0.2, 0.25) is 10.0 Å². The third kappa shape index (κ3) is 2.60. The van der Waals surface area contributed by atoms with E-state index in [1.54, 1.807) is 12.1 Å². The minimum absolute atomic E-state index is 0.0303. The normalized spacial score (nSPS) is 13.0. The molecule has 122 valence electrons. The Balaban J connectivity index is 1.92. The molecule has 0 N–H and O–H groups in total. The Hall–Kier alpha value is -2.57. The van der Waals surface area contributed by atoms with Gasteiger partial charge in [-0.3, -0.25) is 9.59 Å². The van der Waals surface area contributed by atoms with Gasteiger partial charge in [0.1, 0.15) is 5.56 Å². The molecule has 3 rings (SSSR count). The van der Waals surface area contributed by atoms with Crippen LogP contribution < -0.4 is 4.74 Å². The standard InChI is InChI=1S/C16H9Cl2NO5/c1-23-13-11(6-8(17)7-12(13)18)16(22)24-19-14(20)9-4-2-3-5-10(9)15(19)21/h2-7H,1H3. The molecule has 0 aliphatic carbocycles. The number of hydrogen-bond donors (Lipinski definition) is 0. The maximum absolute atomic E-state index is 12.4. The van der Waals surface area contributed by atoms with Crippen LogP contribution in [-0.2, 0) is 4.84 Å². The van der Waals surface area contributed by atoms with Gasteiger partial charge in [-0.1, -0.05) is 40.4 Å². The molecule has 0 radical (unpaired) electrons. The second-order valence-electron chi connectivity index (χ2n) is 4.80. The van der Waals surface area contributed by atoms with Crippen LogP contribution in [0.4, 0.5) is 0 Å². The number of hydrogen-bond acceptors (Lipinski definition) is 5. The number of rotatable bonds is 3. The van der Waals surface area contributed by atoms with Crippen molar-refractivity contribution < 1.29 is 24.0 Å². The zero-order valence-electron chi connectivity index (χ0n) is 12.2. The summed E-state index contributed by atoms with van der Waals surface area (Å²) < 4.78 is 5.05. The summed E-state index contributed by atoms with van der Waals surface area (Å²) in [4.78, 5) is 41.7. The van der Waals surface area contributed by atoms with E-state index in [0.717, 1.165) is 0 Å². The fourth-order valence-electron chi connectivity index (χ4n) is 2.30. The van der Waals surface area contributed by atoms with Crippen LogP contribution in [-0.4, -0.2) is 30.0 Å². The van der Waals surface area contributed by atoms with Crippen molar-refractivity contribution in [1.82, 2.24) is 5.06 Å². The largest absolute Gasteiger partial charge is 0.494 e. The highest BCUT2D eigenvalue weighted by molar-refractivity contribution is 6.36. The van der Waals surface area contributed by atoms with E-state index < -0.39 is 17.8 Å². The molecular weight excluding hydrogens is 357 g/mol. The quantitative estimate of drug-likeness (QED) is 0.779. The van der Waals surface area contributed by atoms with E-state index >= 15 is 0 Å². The molecule has 0 bridgehead atoms. The Kier molecular flexibility index (Phi) is 4.17. The number of halogens is 2. The molecule has 0 saturated heterocycles. The number of methoxy groups -OCH3 is 1. The minimum Gasteiger partial charge on any atom is -0.494 e. The summed E-state index contributed by atoms with van der Waals surface area (Å²) in [5.74, 6) is -2.42. The third-order valence-corrected chi connectivity index (χ3v) is 3.86. The lowest BCUT2D eigenvalue weighted by atomic mass is 10.1. The minimum atomic E-state index is -0.995. The molecule has 2 aromatic rings. The zero-order valence-corrected chi connectivity index (χ0v) is 13.7. The second kappa shape index (κ2) is 6.14. The van der Waals surface area contributed by atoms with E-state index in [1.807, 2.05) is 0 Å². The van der Waals surface area contributed by atoms with Gasteiger partial charge in [-0.15, -0.1) is 0 Å². The van der Waals surface area contributed by atoms with Gasteiger partial charge in [-0.2, -0.15) is 0 Å². The van der Waals surface area contributed by atoms with Gasteiger partial charge < -0.3 is 9.57 Å². The highest BCUT2D eigenvalue weighted by atomic mass is 35.5. The monoisotopic (exact) mass is 365 g/mol. The van der Waals surface area contributed by atoms with Crippen molar-refractivity contribution in [3.05, 3.63) is 63.1 Å². The summed E-state index contributed by atoms with van der Waals surface area (Å²) in [7, 11) is 1.31. The van der Waals surface area contributed by atoms with E-state index in [-0.39, 0.29) is 32.5 Å². The maximum Gasteiger partial charge on any atom is 0.367 e. The first-order chi connectivity index (χ1) is 11.4. The van der Waals surface area contributed by atoms with Crippen LogP contribution in [0.5, 0.6) is 5.75 Å². The SMILES string of the molecule is COc1c(Cl)cc(Cl)cc1C(=O)ON1C(=O)c2ccccc2C1=O. The number of benzene rings is 2. The number of fused-ring (bicyclic) bond motifs is 1. The topological polar surface area (TPSA) is 72.9 Å². The molecule has 8 heteroatoms. The van der Waals surface area contributed by atoms with Crippen LogP contribution in [0.15, 0.2) is 36.4 Å². The van der Waals surface area contributed by atoms with Gasteiger partial charge in [-0.25, -0.2) is 4.79 Å². The van der Waals surface area contributed by atoms with Crippen molar-refractivity contribution in [3.63, 3.8) is 0 Å². The lowest BCUT2D eigenvalue weighted by molar-refractivity contribution is -0.0586. The Morgan fingerprint density at radius 1 is 1.04 bits per heavy atom. The first-order valence-electron chi connectivity index (χ1n) is 6.67. The maximum atomic E-state index is 12.4. The first-order valence-corrected chi connectivity index (χ1v) is 7.42. The number of amides is 2. The number of carbonyl (C=O) groups is 3. The fourth-order valence-corrected chi connectivity index (χ4v) is 2.87. The Bertz CT molecular complexity index is 846. The van der Waals surface area contributed by atoms with Gasteiger partial charge in [-0.05, 0) is 24.3 Å². The molecule has 6 nitrogen and oxygen atoms in total. The first kappa shape index (κ1) is 16.3. The van der Waals surface area contributed by atoms with Crippen molar-refractivity contribution in [2.24, 2.45) is 0 Å². The summed E-state index contributed by atoms with van der Waals surface area (Å²) >= 11 is 11.8. The number of hydroxylamine groups is 2. The summed E-state index contributed by atoms with van der Waals surface area (Å²) in [5.41, 5.74) is 0.212. The Morgan fingerprint density at radius 2 is 1.62 bits per heavy atom. The predicted molar refractivity (Wildman–Crippen MR) is 85.4 cm³/mol. The molecule has 1 heterocycles. The molecule has 2 amide bonds. The Labute approximate surface area is 146 Å². The predicted octanol–water partition coefficient (Wildman–Crippen LogP) is 3.37. The molecule has 0 saturated carbocycles. The zero-order chi connectivity index (χ0) is 17.4. The van der Waals surface area contributed by atoms with Crippen molar-refractivity contribution >= 4 is 41.0 Å². The lowest BCUT2D eigenvalue weighted by Gasteiger charge is -2.15. The fraction of sp³-hybridized carbons (Fsp3) is 0.0625. The molecule has 0 unspecified atom stereocenters.